The predicted octanol–water partition coefficient (Wildman–Crippen LogP) is 3.99. The van der Waals surface area contributed by atoms with Crippen LogP contribution in [-0.2, 0) is 9.59 Å². The van der Waals surface area contributed by atoms with E-state index in [1.165, 1.54) is 0 Å². The first kappa shape index (κ1) is 19.0. The molecule has 0 amide bonds. The molecule has 1 aromatic carbocycles. The summed E-state index contributed by atoms with van der Waals surface area (Å²) in [6.07, 6.45) is 1.87. The van der Waals surface area contributed by atoms with E-state index < -0.39 is 11.9 Å². The van der Waals surface area contributed by atoms with Crippen LogP contribution in [0.1, 0.15) is 47.5 Å². The third-order valence-electron chi connectivity index (χ3n) is 3.05. The van der Waals surface area contributed by atoms with Crippen molar-refractivity contribution >= 4 is 11.9 Å². The van der Waals surface area contributed by atoms with Gasteiger partial charge in [0.25, 0.3) is 0 Å². The zero-order chi connectivity index (χ0) is 17.4. The molecular formula is C18H26O5. The molecule has 1 rings (SSSR count). The Kier molecular flexibility index (Phi) is 7.59. The number of carbonyl (C=O) groups excluding carboxylic acids is 2. The molecule has 0 saturated heterocycles. The molecule has 128 valence electrons. The Labute approximate surface area is 137 Å². The van der Waals surface area contributed by atoms with Crippen molar-refractivity contribution in [1.82, 2.24) is 0 Å². The average molecular weight is 322 g/mol. The van der Waals surface area contributed by atoms with E-state index in [-0.39, 0.29) is 23.3 Å². The van der Waals surface area contributed by atoms with Gasteiger partial charge in [-0.25, -0.2) is 0 Å². The predicted molar refractivity (Wildman–Crippen MR) is 87.8 cm³/mol. The second kappa shape index (κ2) is 9.18. The van der Waals surface area contributed by atoms with Crippen molar-refractivity contribution < 1.29 is 23.8 Å². The number of para-hydroxylation sites is 1. The summed E-state index contributed by atoms with van der Waals surface area (Å²) in [7, 11) is 0. The van der Waals surface area contributed by atoms with Crippen molar-refractivity contribution in [2.45, 2.75) is 47.5 Å². The lowest BCUT2D eigenvalue weighted by atomic mass is 10.2. The Morgan fingerprint density at radius 3 is 2.09 bits per heavy atom. The van der Waals surface area contributed by atoms with Crippen LogP contribution in [0, 0.1) is 11.8 Å². The molecule has 0 aliphatic carbocycles. The van der Waals surface area contributed by atoms with Crippen LogP contribution in [0.4, 0.5) is 0 Å². The molecule has 0 spiro atoms. The van der Waals surface area contributed by atoms with Crippen LogP contribution < -0.4 is 14.2 Å². The molecule has 0 radical (unpaired) electrons. The van der Waals surface area contributed by atoms with Gasteiger partial charge in [-0.1, -0.05) is 47.1 Å². The highest BCUT2D eigenvalue weighted by atomic mass is 16.6. The second-order valence-electron chi connectivity index (χ2n) is 5.94. The zero-order valence-corrected chi connectivity index (χ0v) is 14.5. The molecule has 1 aromatic rings. The summed E-state index contributed by atoms with van der Waals surface area (Å²) in [6.45, 7) is 9.52. The Morgan fingerprint density at radius 1 is 0.957 bits per heavy atom. The van der Waals surface area contributed by atoms with Crippen molar-refractivity contribution in [1.29, 1.82) is 0 Å². The van der Waals surface area contributed by atoms with Crippen molar-refractivity contribution in [2.24, 2.45) is 11.8 Å². The molecule has 0 aromatic heterocycles. The van der Waals surface area contributed by atoms with Gasteiger partial charge in [0.15, 0.2) is 11.5 Å². The third kappa shape index (κ3) is 5.93. The molecule has 0 aliphatic rings. The van der Waals surface area contributed by atoms with E-state index in [0.717, 1.165) is 12.8 Å². The van der Waals surface area contributed by atoms with Crippen molar-refractivity contribution in [3.63, 3.8) is 0 Å². The summed E-state index contributed by atoms with van der Waals surface area (Å²) in [5.74, 6) is -0.610. The molecule has 0 heterocycles. The molecule has 0 saturated carbocycles. The van der Waals surface area contributed by atoms with E-state index in [0.29, 0.717) is 12.4 Å². The SMILES string of the molecule is CCCCOc1cccc(OC(=O)C(C)C)c1OC(=O)C(C)C. The Balaban J connectivity index is 3.08. The number of hydrogen-bond donors (Lipinski definition) is 0. The molecule has 0 N–H and O–H groups in total. The summed E-state index contributed by atoms with van der Waals surface area (Å²) in [4.78, 5) is 23.8. The minimum Gasteiger partial charge on any atom is -0.490 e. The molecule has 0 unspecified atom stereocenters. The van der Waals surface area contributed by atoms with Gasteiger partial charge in [-0.3, -0.25) is 9.59 Å². The maximum absolute atomic E-state index is 11.9. The maximum Gasteiger partial charge on any atom is 0.314 e. The van der Waals surface area contributed by atoms with Gasteiger partial charge in [-0.05, 0) is 18.6 Å². The van der Waals surface area contributed by atoms with E-state index in [1.54, 1.807) is 45.9 Å². The molecule has 0 aliphatic heterocycles. The lowest BCUT2D eigenvalue weighted by Crippen LogP contribution is -2.19. The van der Waals surface area contributed by atoms with E-state index in [4.69, 9.17) is 14.2 Å². The first-order valence-electron chi connectivity index (χ1n) is 8.06. The number of unbranched alkanes of at least 4 members (excludes halogenated alkanes) is 1. The topological polar surface area (TPSA) is 61.8 Å². The molecule has 0 atom stereocenters. The molecule has 5 nitrogen and oxygen atoms in total. The van der Waals surface area contributed by atoms with Crippen molar-refractivity contribution in [3.8, 4) is 17.2 Å². The first-order valence-corrected chi connectivity index (χ1v) is 8.06. The fraction of sp³-hybridized carbons (Fsp3) is 0.556. The summed E-state index contributed by atoms with van der Waals surface area (Å²) >= 11 is 0. The van der Waals surface area contributed by atoms with E-state index >= 15 is 0 Å². The third-order valence-corrected chi connectivity index (χ3v) is 3.05. The lowest BCUT2D eigenvalue weighted by Gasteiger charge is -2.16. The van der Waals surface area contributed by atoms with Gasteiger partial charge in [-0.15, -0.1) is 0 Å². The summed E-state index contributed by atoms with van der Waals surface area (Å²) in [5, 5.41) is 0. The van der Waals surface area contributed by atoms with Gasteiger partial charge in [-0.2, -0.15) is 0 Å². The Hall–Kier alpha value is -2.04. The molecule has 0 bridgehead atoms. The highest BCUT2D eigenvalue weighted by molar-refractivity contribution is 5.79. The highest BCUT2D eigenvalue weighted by Crippen LogP contribution is 2.38. The van der Waals surface area contributed by atoms with Gasteiger partial charge < -0.3 is 14.2 Å². The van der Waals surface area contributed by atoms with Gasteiger partial charge in [0.05, 0.1) is 18.4 Å². The number of benzene rings is 1. The standard InChI is InChI=1S/C18H26O5/c1-6-7-11-21-14-9-8-10-15(22-17(19)12(2)3)16(14)23-18(20)13(4)5/h8-10,12-13H,6-7,11H2,1-5H3. The Morgan fingerprint density at radius 2 is 1.52 bits per heavy atom. The summed E-state index contributed by atoms with van der Waals surface area (Å²) in [5.41, 5.74) is 0. The fourth-order valence-electron chi connectivity index (χ4n) is 1.56. The van der Waals surface area contributed by atoms with Crippen LogP contribution in [0.25, 0.3) is 0 Å². The van der Waals surface area contributed by atoms with Crippen LogP contribution in [0.5, 0.6) is 17.2 Å². The average Bonchev–Trinajstić information content (AvgIpc) is 2.49. The maximum atomic E-state index is 11.9. The van der Waals surface area contributed by atoms with Crippen molar-refractivity contribution in [2.75, 3.05) is 6.61 Å². The summed E-state index contributed by atoms with van der Waals surface area (Å²) in [6, 6.07) is 5.00. The van der Waals surface area contributed by atoms with Gasteiger partial charge in [0, 0.05) is 0 Å². The first-order chi connectivity index (χ1) is 10.9. The van der Waals surface area contributed by atoms with Crippen LogP contribution in [0.2, 0.25) is 0 Å². The minimum absolute atomic E-state index is 0.163. The number of rotatable bonds is 8. The van der Waals surface area contributed by atoms with Crippen LogP contribution in [-0.4, -0.2) is 18.5 Å². The lowest BCUT2D eigenvalue weighted by molar-refractivity contribution is -0.140. The number of ether oxygens (including phenoxy) is 3. The molecule has 0 fully saturated rings. The van der Waals surface area contributed by atoms with Crippen LogP contribution in [0.3, 0.4) is 0 Å². The largest absolute Gasteiger partial charge is 0.490 e. The quantitative estimate of drug-likeness (QED) is 0.411. The number of hydrogen-bond acceptors (Lipinski definition) is 5. The van der Waals surface area contributed by atoms with E-state index in [2.05, 4.69) is 6.92 Å². The van der Waals surface area contributed by atoms with Gasteiger partial charge in [0.2, 0.25) is 5.75 Å². The number of esters is 2. The smallest absolute Gasteiger partial charge is 0.314 e. The molecular weight excluding hydrogens is 296 g/mol. The van der Waals surface area contributed by atoms with Crippen LogP contribution in [0.15, 0.2) is 18.2 Å². The Bertz CT molecular complexity index is 534. The van der Waals surface area contributed by atoms with Crippen molar-refractivity contribution in [3.05, 3.63) is 18.2 Å². The van der Waals surface area contributed by atoms with E-state index in [1.807, 2.05) is 0 Å². The molecule has 5 heteroatoms. The minimum atomic E-state index is -0.404. The zero-order valence-electron chi connectivity index (χ0n) is 14.5. The van der Waals surface area contributed by atoms with Gasteiger partial charge in [0.1, 0.15) is 0 Å². The normalized spacial score (nSPS) is 10.7. The summed E-state index contributed by atoms with van der Waals surface area (Å²) < 4.78 is 16.4. The highest BCUT2D eigenvalue weighted by Gasteiger charge is 2.21. The second-order valence-corrected chi connectivity index (χ2v) is 5.94. The van der Waals surface area contributed by atoms with Crippen LogP contribution >= 0.6 is 0 Å². The monoisotopic (exact) mass is 322 g/mol. The fourth-order valence-corrected chi connectivity index (χ4v) is 1.56. The molecule has 23 heavy (non-hydrogen) atoms. The van der Waals surface area contributed by atoms with E-state index in [9.17, 15) is 9.59 Å². The number of carbonyl (C=O) groups is 2. The van der Waals surface area contributed by atoms with Gasteiger partial charge >= 0.3 is 11.9 Å².